The number of hydrogen-bond acceptors (Lipinski definition) is 2. The second-order valence-electron chi connectivity index (χ2n) is 2.83. The lowest BCUT2D eigenvalue weighted by atomic mass is 10.1. The number of carboxylic acid groups (broad SMARTS) is 1. The molecule has 1 aromatic carbocycles. The summed E-state index contributed by atoms with van der Waals surface area (Å²) in [6, 6.07) is 3.46. The predicted molar refractivity (Wildman–Crippen MR) is 51.1 cm³/mol. The molecule has 0 saturated heterocycles. The second kappa shape index (κ2) is 4.32. The number of benzene rings is 1. The molecule has 0 bridgehead atoms. The van der Waals surface area contributed by atoms with Gasteiger partial charge < -0.3 is 5.11 Å². The van der Waals surface area contributed by atoms with Gasteiger partial charge in [-0.2, -0.15) is 0 Å². The maximum Gasteiger partial charge on any atom is 0.335 e. The van der Waals surface area contributed by atoms with Crippen molar-refractivity contribution in [3.8, 4) is 0 Å². The Morgan fingerprint density at radius 3 is 2.71 bits per heavy atom. The first-order chi connectivity index (χ1) is 6.50. The van der Waals surface area contributed by atoms with Crippen LogP contribution in [0.4, 0.5) is 4.39 Å². The maximum atomic E-state index is 13.1. The fourth-order valence-corrected chi connectivity index (χ4v) is 1.70. The van der Waals surface area contributed by atoms with Crippen molar-refractivity contribution in [2.75, 3.05) is 6.26 Å². The van der Waals surface area contributed by atoms with Crippen LogP contribution in [0.1, 0.15) is 15.9 Å². The summed E-state index contributed by atoms with van der Waals surface area (Å²) in [5.74, 6) is -1.61. The maximum absolute atomic E-state index is 13.1. The summed E-state index contributed by atoms with van der Waals surface area (Å²) in [7, 11) is -1.18. The van der Waals surface area contributed by atoms with E-state index in [1.54, 1.807) is 0 Å². The van der Waals surface area contributed by atoms with Gasteiger partial charge in [0, 0.05) is 22.6 Å². The Balaban J connectivity index is 3.08. The summed E-state index contributed by atoms with van der Waals surface area (Å²) in [6.07, 6.45) is 1.44. The Morgan fingerprint density at radius 1 is 1.57 bits per heavy atom. The van der Waals surface area contributed by atoms with Crippen LogP contribution in [0.5, 0.6) is 0 Å². The zero-order valence-corrected chi connectivity index (χ0v) is 8.31. The molecule has 0 aromatic heterocycles. The highest BCUT2D eigenvalue weighted by molar-refractivity contribution is 7.83. The van der Waals surface area contributed by atoms with Gasteiger partial charge in [-0.05, 0) is 18.2 Å². The molecule has 0 aliphatic carbocycles. The number of carboxylic acids is 1. The molecule has 0 amide bonds. The number of aromatic carboxylic acids is 1. The van der Waals surface area contributed by atoms with E-state index in [1.165, 1.54) is 18.4 Å². The van der Waals surface area contributed by atoms with Gasteiger partial charge in [0.2, 0.25) is 0 Å². The van der Waals surface area contributed by atoms with E-state index in [0.29, 0.717) is 0 Å². The third-order valence-electron chi connectivity index (χ3n) is 1.65. The molecule has 14 heavy (non-hydrogen) atoms. The third-order valence-corrected chi connectivity index (χ3v) is 2.37. The number of hydrogen-bond donors (Lipinski definition) is 1. The zero-order chi connectivity index (χ0) is 10.7. The highest BCUT2D eigenvalue weighted by Gasteiger charge is 2.09. The summed E-state index contributed by atoms with van der Waals surface area (Å²) in [6.45, 7) is 0. The topological polar surface area (TPSA) is 54.4 Å². The van der Waals surface area contributed by atoms with Gasteiger partial charge in [-0.15, -0.1) is 0 Å². The fourth-order valence-electron chi connectivity index (χ4n) is 1.04. The Kier molecular flexibility index (Phi) is 3.35. The van der Waals surface area contributed by atoms with Crippen molar-refractivity contribution in [3.05, 3.63) is 35.1 Å². The van der Waals surface area contributed by atoms with Crippen LogP contribution in [0.15, 0.2) is 18.2 Å². The molecule has 0 aliphatic rings. The Bertz CT molecular complexity index is 390. The van der Waals surface area contributed by atoms with Crippen molar-refractivity contribution in [2.24, 2.45) is 0 Å². The Hall–Kier alpha value is -1.23. The van der Waals surface area contributed by atoms with E-state index >= 15 is 0 Å². The lowest BCUT2D eigenvalue weighted by molar-refractivity contribution is 0.0696. The third kappa shape index (κ3) is 2.63. The van der Waals surface area contributed by atoms with Gasteiger partial charge in [0.05, 0.1) is 11.3 Å². The van der Waals surface area contributed by atoms with E-state index in [2.05, 4.69) is 0 Å². The molecule has 76 valence electrons. The normalized spacial score (nSPS) is 12.4. The minimum absolute atomic E-state index is 0.00634. The number of halogens is 1. The van der Waals surface area contributed by atoms with Gasteiger partial charge in [0.15, 0.2) is 0 Å². The average Bonchev–Trinajstić information content (AvgIpc) is 2.07. The Labute approximate surface area is 83.0 Å². The van der Waals surface area contributed by atoms with Crippen LogP contribution in [-0.2, 0) is 16.6 Å². The van der Waals surface area contributed by atoms with Crippen molar-refractivity contribution in [1.82, 2.24) is 0 Å². The molecular formula is C9H9FO3S. The summed E-state index contributed by atoms with van der Waals surface area (Å²) >= 11 is 0. The molecule has 0 heterocycles. The van der Waals surface area contributed by atoms with E-state index in [1.807, 2.05) is 0 Å². The van der Waals surface area contributed by atoms with Gasteiger partial charge in [0.1, 0.15) is 5.82 Å². The highest BCUT2D eigenvalue weighted by atomic mass is 32.2. The monoisotopic (exact) mass is 216 g/mol. The van der Waals surface area contributed by atoms with Gasteiger partial charge in [-0.1, -0.05) is 0 Å². The lowest BCUT2D eigenvalue weighted by Gasteiger charge is -2.02. The molecule has 0 saturated carbocycles. The van der Waals surface area contributed by atoms with Crippen LogP contribution in [0.25, 0.3) is 0 Å². The van der Waals surface area contributed by atoms with Gasteiger partial charge in [-0.25, -0.2) is 9.18 Å². The highest BCUT2D eigenvalue weighted by Crippen LogP contribution is 2.12. The first-order valence-electron chi connectivity index (χ1n) is 3.82. The van der Waals surface area contributed by atoms with Crippen LogP contribution < -0.4 is 0 Å². The molecule has 1 aromatic rings. The molecule has 1 atom stereocenters. The predicted octanol–water partition coefficient (Wildman–Crippen LogP) is 1.40. The van der Waals surface area contributed by atoms with E-state index in [9.17, 15) is 13.4 Å². The second-order valence-corrected chi connectivity index (χ2v) is 4.26. The molecule has 5 heteroatoms. The molecule has 3 nitrogen and oxygen atoms in total. The molecule has 0 spiro atoms. The van der Waals surface area contributed by atoms with Crippen molar-refractivity contribution < 1.29 is 18.5 Å². The molecule has 1 rings (SSSR count). The minimum Gasteiger partial charge on any atom is -0.478 e. The van der Waals surface area contributed by atoms with Gasteiger partial charge >= 0.3 is 5.97 Å². The van der Waals surface area contributed by atoms with Gasteiger partial charge in [-0.3, -0.25) is 4.21 Å². The lowest BCUT2D eigenvalue weighted by Crippen LogP contribution is -2.01. The summed E-state index contributed by atoms with van der Waals surface area (Å²) in [5, 5.41) is 8.64. The van der Waals surface area contributed by atoms with Crippen LogP contribution in [0.2, 0.25) is 0 Å². The average molecular weight is 216 g/mol. The molecule has 1 unspecified atom stereocenters. The van der Waals surface area contributed by atoms with Crippen LogP contribution >= 0.6 is 0 Å². The number of carbonyl (C=O) groups is 1. The summed E-state index contributed by atoms with van der Waals surface area (Å²) in [4.78, 5) is 10.6. The molecule has 0 aliphatic heterocycles. The standard InChI is InChI=1S/C9H9FO3S/c1-14(13)5-7-4-6(9(11)12)2-3-8(7)10/h2-4H,5H2,1H3,(H,11,12). The summed E-state index contributed by atoms with van der Waals surface area (Å²) in [5.41, 5.74) is 0.178. The number of rotatable bonds is 3. The summed E-state index contributed by atoms with van der Waals surface area (Å²) < 4.78 is 23.9. The van der Waals surface area contributed by atoms with Crippen molar-refractivity contribution in [2.45, 2.75) is 5.75 Å². The van der Waals surface area contributed by atoms with Crippen LogP contribution in [-0.4, -0.2) is 21.5 Å². The molecular weight excluding hydrogens is 207 g/mol. The molecule has 0 fully saturated rings. The van der Waals surface area contributed by atoms with E-state index in [0.717, 1.165) is 6.07 Å². The largest absolute Gasteiger partial charge is 0.478 e. The molecule has 1 N–H and O–H groups in total. The van der Waals surface area contributed by atoms with E-state index in [-0.39, 0.29) is 16.9 Å². The smallest absolute Gasteiger partial charge is 0.335 e. The first kappa shape index (κ1) is 10.8. The van der Waals surface area contributed by atoms with Gasteiger partial charge in [0.25, 0.3) is 0 Å². The van der Waals surface area contributed by atoms with E-state index < -0.39 is 22.6 Å². The first-order valence-corrected chi connectivity index (χ1v) is 5.55. The fraction of sp³-hybridized carbons (Fsp3) is 0.222. The van der Waals surface area contributed by atoms with Crippen LogP contribution in [0.3, 0.4) is 0 Å². The van der Waals surface area contributed by atoms with Crippen molar-refractivity contribution >= 4 is 16.8 Å². The van der Waals surface area contributed by atoms with Crippen LogP contribution in [0, 0.1) is 5.82 Å². The molecule has 0 radical (unpaired) electrons. The van der Waals surface area contributed by atoms with Crippen molar-refractivity contribution in [1.29, 1.82) is 0 Å². The Morgan fingerprint density at radius 2 is 2.21 bits per heavy atom. The SMILES string of the molecule is CS(=O)Cc1cc(C(=O)O)ccc1F. The minimum atomic E-state index is -1.18. The zero-order valence-electron chi connectivity index (χ0n) is 7.49. The van der Waals surface area contributed by atoms with Crippen molar-refractivity contribution in [3.63, 3.8) is 0 Å². The van der Waals surface area contributed by atoms with E-state index in [4.69, 9.17) is 5.11 Å². The quantitative estimate of drug-likeness (QED) is 0.831.